The second-order valence-corrected chi connectivity index (χ2v) is 4.97. The van der Waals surface area contributed by atoms with E-state index in [1.807, 2.05) is 43.3 Å². The summed E-state index contributed by atoms with van der Waals surface area (Å²) in [5.74, 6) is 2.53. The first-order valence-corrected chi connectivity index (χ1v) is 7.75. The third-order valence-corrected chi connectivity index (χ3v) is 3.22. The molecule has 0 spiro atoms. The zero-order valence-electron chi connectivity index (χ0n) is 12.4. The van der Waals surface area contributed by atoms with Gasteiger partial charge in [0.2, 0.25) is 5.88 Å². The Balaban J connectivity index is 2.21. The minimum atomic E-state index is 0.453. The quantitative estimate of drug-likeness (QED) is 0.677. The highest BCUT2D eigenvalue weighted by molar-refractivity contribution is 6.17. The van der Waals surface area contributed by atoms with Crippen LogP contribution in [0, 0.1) is 0 Å². The van der Waals surface area contributed by atoms with Gasteiger partial charge in [0.05, 0.1) is 6.61 Å². The van der Waals surface area contributed by atoms with Gasteiger partial charge < -0.3 is 9.47 Å². The fourth-order valence-electron chi connectivity index (χ4n) is 2.05. The number of pyridine rings is 1. The van der Waals surface area contributed by atoms with Crippen molar-refractivity contribution >= 4 is 11.6 Å². The van der Waals surface area contributed by atoms with Gasteiger partial charge in [0.1, 0.15) is 11.5 Å². The number of ether oxygens (including phenoxy) is 2. The topological polar surface area (TPSA) is 31.4 Å². The molecule has 0 aliphatic carbocycles. The average Bonchev–Trinajstić information content (AvgIpc) is 2.48. The largest absolute Gasteiger partial charge is 0.494 e. The van der Waals surface area contributed by atoms with Crippen molar-refractivity contribution in [3.8, 4) is 17.4 Å². The van der Waals surface area contributed by atoms with Crippen molar-refractivity contribution in [1.82, 2.24) is 4.98 Å². The molecular weight excluding hydrogens is 286 g/mol. The SMILES string of the molecule is CCCc1cc(CCl)cc(Oc2cccc(OCC)c2)n1. The van der Waals surface area contributed by atoms with Crippen molar-refractivity contribution in [3.05, 3.63) is 47.7 Å². The molecule has 0 fully saturated rings. The maximum atomic E-state index is 5.94. The van der Waals surface area contributed by atoms with E-state index in [4.69, 9.17) is 21.1 Å². The van der Waals surface area contributed by atoms with E-state index in [2.05, 4.69) is 11.9 Å². The highest BCUT2D eigenvalue weighted by Gasteiger charge is 2.05. The van der Waals surface area contributed by atoms with E-state index in [9.17, 15) is 0 Å². The normalized spacial score (nSPS) is 10.4. The minimum Gasteiger partial charge on any atom is -0.494 e. The Bertz CT molecular complexity index is 587. The van der Waals surface area contributed by atoms with Crippen LogP contribution in [0.25, 0.3) is 0 Å². The Kier molecular flexibility index (Phi) is 5.88. The molecule has 0 aliphatic rings. The molecule has 0 bridgehead atoms. The maximum absolute atomic E-state index is 5.94. The van der Waals surface area contributed by atoms with Crippen LogP contribution < -0.4 is 9.47 Å². The van der Waals surface area contributed by atoms with Gasteiger partial charge in [0, 0.05) is 23.7 Å². The highest BCUT2D eigenvalue weighted by atomic mass is 35.5. The van der Waals surface area contributed by atoms with E-state index >= 15 is 0 Å². The van der Waals surface area contributed by atoms with Crippen molar-refractivity contribution in [2.75, 3.05) is 6.61 Å². The summed E-state index contributed by atoms with van der Waals surface area (Å²) in [6, 6.07) is 11.5. The van der Waals surface area contributed by atoms with Crippen LogP contribution in [0.2, 0.25) is 0 Å². The van der Waals surface area contributed by atoms with E-state index in [0.29, 0.717) is 24.1 Å². The van der Waals surface area contributed by atoms with Gasteiger partial charge in [-0.25, -0.2) is 4.98 Å². The number of rotatable bonds is 7. The van der Waals surface area contributed by atoms with Crippen molar-refractivity contribution in [2.24, 2.45) is 0 Å². The number of hydrogen-bond acceptors (Lipinski definition) is 3. The lowest BCUT2D eigenvalue weighted by Gasteiger charge is -2.10. The summed E-state index contributed by atoms with van der Waals surface area (Å²) < 4.78 is 11.3. The molecule has 0 aliphatic heterocycles. The van der Waals surface area contributed by atoms with Crippen LogP contribution >= 0.6 is 11.6 Å². The highest BCUT2D eigenvalue weighted by Crippen LogP contribution is 2.25. The molecule has 0 unspecified atom stereocenters. The predicted molar refractivity (Wildman–Crippen MR) is 85.5 cm³/mol. The van der Waals surface area contributed by atoms with E-state index in [1.165, 1.54) is 0 Å². The van der Waals surface area contributed by atoms with Gasteiger partial charge in [-0.15, -0.1) is 11.6 Å². The molecule has 0 amide bonds. The van der Waals surface area contributed by atoms with Crippen molar-refractivity contribution in [2.45, 2.75) is 32.6 Å². The number of hydrogen-bond donors (Lipinski definition) is 0. The zero-order valence-corrected chi connectivity index (χ0v) is 13.2. The lowest BCUT2D eigenvalue weighted by atomic mass is 10.2. The molecule has 4 heteroatoms. The molecule has 3 nitrogen and oxygen atoms in total. The molecular formula is C17H20ClNO2. The number of halogens is 1. The van der Waals surface area contributed by atoms with E-state index in [-0.39, 0.29) is 0 Å². The van der Waals surface area contributed by atoms with Gasteiger partial charge in [-0.1, -0.05) is 19.4 Å². The van der Waals surface area contributed by atoms with Crippen LogP contribution in [-0.2, 0) is 12.3 Å². The van der Waals surface area contributed by atoms with Gasteiger partial charge in [0.25, 0.3) is 0 Å². The smallest absolute Gasteiger partial charge is 0.219 e. The number of nitrogens with zero attached hydrogens (tertiary/aromatic N) is 1. The summed E-state index contributed by atoms with van der Waals surface area (Å²) in [5.41, 5.74) is 2.03. The standard InChI is InChI=1S/C17H20ClNO2/c1-3-6-14-9-13(12-18)10-17(19-14)21-16-8-5-7-15(11-16)20-4-2/h5,7-11H,3-4,6,12H2,1-2H3. The summed E-state index contributed by atoms with van der Waals surface area (Å²) >= 11 is 5.94. The molecule has 21 heavy (non-hydrogen) atoms. The Morgan fingerprint density at radius 2 is 1.90 bits per heavy atom. The lowest BCUT2D eigenvalue weighted by molar-refractivity contribution is 0.338. The second kappa shape index (κ2) is 7.89. The zero-order chi connectivity index (χ0) is 15.1. The molecule has 1 aromatic heterocycles. The van der Waals surface area contributed by atoms with Crippen LogP contribution in [0.3, 0.4) is 0 Å². The molecule has 0 saturated carbocycles. The van der Waals surface area contributed by atoms with Crippen LogP contribution in [0.5, 0.6) is 17.4 Å². The molecule has 1 aromatic carbocycles. The Morgan fingerprint density at radius 3 is 2.62 bits per heavy atom. The van der Waals surface area contributed by atoms with Gasteiger partial charge in [-0.05, 0) is 37.1 Å². The minimum absolute atomic E-state index is 0.453. The van der Waals surface area contributed by atoms with Crippen molar-refractivity contribution in [1.29, 1.82) is 0 Å². The maximum Gasteiger partial charge on any atom is 0.219 e. The summed E-state index contributed by atoms with van der Waals surface area (Å²) in [5, 5.41) is 0. The first kappa shape index (κ1) is 15.6. The first-order chi connectivity index (χ1) is 10.2. The van der Waals surface area contributed by atoms with Crippen LogP contribution in [0.4, 0.5) is 0 Å². The Morgan fingerprint density at radius 1 is 1.10 bits per heavy atom. The monoisotopic (exact) mass is 305 g/mol. The molecule has 1 heterocycles. The fourth-order valence-corrected chi connectivity index (χ4v) is 2.20. The Labute approximate surface area is 130 Å². The average molecular weight is 306 g/mol. The second-order valence-electron chi connectivity index (χ2n) is 4.70. The number of alkyl halides is 1. The van der Waals surface area contributed by atoms with Gasteiger partial charge in [-0.2, -0.15) is 0 Å². The summed E-state index contributed by atoms with van der Waals surface area (Å²) in [6.45, 7) is 4.71. The number of benzene rings is 1. The molecule has 112 valence electrons. The van der Waals surface area contributed by atoms with E-state index in [1.54, 1.807) is 0 Å². The first-order valence-electron chi connectivity index (χ1n) is 7.21. The molecule has 0 radical (unpaired) electrons. The third kappa shape index (κ3) is 4.64. The third-order valence-electron chi connectivity index (χ3n) is 2.91. The molecule has 0 saturated heterocycles. The summed E-state index contributed by atoms with van der Waals surface area (Å²) in [6.07, 6.45) is 1.96. The van der Waals surface area contributed by atoms with Crippen LogP contribution in [0.15, 0.2) is 36.4 Å². The predicted octanol–water partition coefficient (Wildman–Crippen LogP) is 4.96. The molecule has 0 N–H and O–H groups in total. The van der Waals surface area contributed by atoms with Crippen molar-refractivity contribution < 1.29 is 9.47 Å². The fraction of sp³-hybridized carbons (Fsp3) is 0.353. The van der Waals surface area contributed by atoms with Gasteiger partial charge in [-0.3, -0.25) is 0 Å². The molecule has 2 rings (SSSR count). The molecule has 0 atom stereocenters. The number of aryl methyl sites for hydroxylation is 1. The Hall–Kier alpha value is -1.74. The lowest BCUT2D eigenvalue weighted by Crippen LogP contribution is -1.96. The van der Waals surface area contributed by atoms with Gasteiger partial charge in [0.15, 0.2) is 0 Å². The molecule has 2 aromatic rings. The van der Waals surface area contributed by atoms with Gasteiger partial charge >= 0.3 is 0 Å². The van der Waals surface area contributed by atoms with E-state index in [0.717, 1.165) is 29.8 Å². The van der Waals surface area contributed by atoms with E-state index < -0.39 is 0 Å². The summed E-state index contributed by atoms with van der Waals surface area (Å²) in [4.78, 5) is 4.52. The van der Waals surface area contributed by atoms with Crippen LogP contribution in [-0.4, -0.2) is 11.6 Å². The number of aromatic nitrogens is 1. The van der Waals surface area contributed by atoms with Crippen LogP contribution in [0.1, 0.15) is 31.5 Å². The summed E-state index contributed by atoms with van der Waals surface area (Å²) in [7, 11) is 0. The van der Waals surface area contributed by atoms with Crippen molar-refractivity contribution in [3.63, 3.8) is 0 Å².